The fraction of sp³-hybridized carbons (Fsp3) is 0.500. The Morgan fingerprint density at radius 1 is 1.41 bits per heavy atom. The van der Waals surface area contributed by atoms with Crippen LogP contribution in [0.15, 0.2) is 18.2 Å². The van der Waals surface area contributed by atoms with Crippen molar-refractivity contribution in [2.75, 3.05) is 13.7 Å². The van der Waals surface area contributed by atoms with Crippen LogP contribution in [0.25, 0.3) is 0 Å². The number of hydrogen-bond acceptors (Lipinski definition) is 2. The minimum Gasteiger partial charge on any atom is -0.497 e. The quantitative estimate of drug-likeness (QED) is 0.801. The van der Waals surface area contributed by atoms with Gasteiger partial charge in [0, 0.05) is 18.9 Å². The molecule has 2 aliphatic rings. The highest BCUT2D eigenvalue weighted by molar-refractivity contribution is 5.77. The Labute approximate surface area is 101 Å². The summed E-state index contributed by atoms with van der Waals surface area (Å²) in [5.41, 5.74) is 2.80. The zero-order valence-electron chi connectivity index (χ0n) is 10.0. The molecule has 0 saturated carbocycles. The van der Waals surface area contributed by atoms with E-state index in [9.17, 15) is 4.79 Å². The second-order valence-corrected chi connectivity index (χ2v) is 4.98. The van der Waals surface area contributed by atoms with Gasteiger partial charge in [-0.3, -0.25) is 4.79 Å². The van der Waals surface area contributed by atoms with Crippen LogP contribution in [0.3, 0.4) is 0 Å². The lowest BCUT2D eigenvalue weighted by Crippen LogP contribution is -2.41. The Kier molecular flexibility index (Phi) is 2.54. The average molecular weight is 231 g/mol. The van der Waals surface area contributed by atoms with Crippen molar-refractivity contribution in [1.29, 1.82) is 0 Å². The number of carbonyl (C=O) groups excluding carboxylic acids is 1. The molecule has 90 valence electrons. The van der Waals surface area contributed by atoms with Crippen LogP contribution in [0.1, 0.15) is 29.9 Å². The first-order chi connectivity index (χ1) is 8.28. The molecule has 1 fully saturated rings. The van der Waals surface area contributed by atoms with E-state index in [0.29, 0.717) is 18.3 Å². The SMILES string of the molecule is COc1ccc2c(c1)[C@H]1CNC(=O)C[C@@H]1CC2. The summed E-state index contributed by atoms with van der Waals surface area (Å²) in [5.74, 6) is 2.12. The van der Waals surface area contributed by atoms with E-state index in [1.807, 2.05) is 6.07 Å². The summed E-state index contributed by atoms with van der Waals surface area (Å²) < 4.78 is 5.29. The van der Waals surface area contributed by atoms with Crippen molar-refractivity contribution in [1.82, 2.24) is 5.32 Å². The summed E-state index contributed by atoms with van der Waals surface area (Å²) in [5, 5.41) is 2.98. The first-order valence-electron chi connectivity index (χ1n) is 6.21. The molecule has 1 aliphatic carbocycles. The van der Waals surface area contributed by atoms with Crippen molar-refractivity contribution in [3.63, 3.8) is 0 Å². The minimum atomic E-state index is 0.206. The summed E-state index contributed by atoms with van der Waals surface area (Å²) in [7, 11) is 1.70. The summed E-state index contributed by atoms with van der Waals surface area (Å²) in [6.45, 7) is 0.781. The maximum absolute atomic E-state index is 11.4. The van der Waals surface area contributed by atoms with Crippen LogP contribution in [0.2, 0.25) is 0 Å². The van der Waals surface area contributed by atoms with E-state index >= 15 is 0 Å². The second-order valence-electron chi connectivity index (χ2n) is 4.98. The third kappa shape index (κ3) is 1.79. The average Bonchev–Trinajstić information content (AvgIpc) is 2.37. The van der Waals surface area contributed by atoms with E-state index < -0.39 is 0 Å². The molecule has 3 nitrogen and oxygen atoms in total. The van der Waals surface area contributed by atoms with Crippen molar-refractivity contribution < 1.29 is 9.53 Å². The smallest absolute Gasteiger partial charge is 0.220 e. The number of aryl methyl sites for hydroxylation is 1. The normalized spacial score (nSPS) is 26.8. The Morgan fingerprint density at radius 3 is 3.12 bits per heavy atom. The molecule has 0 radical (unpaired) electrons. The molecule has 0 bridgehead atoms. The second kappa shape index (κ2) is 4.06. The summed E-state index contributed by atoms with van der Waals surface area (Å²) in [6, 6.07) is 6.34. The number of fused-ring (bicyclic) bond motifs is 3. The highest BCUT2D eigenvalue weighted by atomic mass is 16.5. The third-order valence-electron chi connectivity index (χ3n) is 4.07. The number of benzene rings is 1. The molecular formula is C14H17NO2. The molecule has 3 heteroatoms. The van der Waals surface area contributed by atoms with Gasteiger partial charge in [-0.1, -0.05) is 6.07 Å². The van der Waals surface area contributed by atoms with Gasteiger partial charge in [0.2, 0.25) is 5.91 Å². The third-order valence-corrected chi connectivity index (χ3v) is 4.07. The van der Waals surface area contributed by atoms with Crippen molar-refractivity contribution in [3.05, 3.63) is 29.3 Å². The van der Waals surface area contributed by atoms with Crippen LogP contribution in [0.5, 0.6) is 5.75 Å². The van der Waals surface area contributed by atoms with E-state index in [1.54, 1.807) is 7.11 Å². The van der Waals surface area contributed by atoms with Gasteiger partial charge in [-0.15, -0.1) is 0 Å². The predicted molar refractivity (Wildman–Crippen MR) is 65.2 cm³/mol. The monoisotopic (exact) mass is 231 g/mol. The predicted octanol–water partition coefficient (Wildman–Crippen LogP) is 1.86. The van der Waals surface area contributed by atoms with E-state index in [4.69, 9.17) is 4.74 Å². The lowest BCUT2D eigenvalue weighted by molar-refractivity contribution is -0.124. The molecule has 1 aromatic carbocycles. The maximum atomic E-state index is 11.4. The number of nitrogens with one attached hydrogen (secondary N) is 1. The van der Waals surface area contributed by atoms with Gasteiger partial charge in [-0.05, 0) is 42.0 Å². The Balaban J connectivity index is 1.97. The summed E-state index contributed by atoms with van der Waals surface area (Å²) in [6.07, 6.45) is 2.91. The van der Waals surface area contributed by atoms with Crippen LogP contribution < -0.4 is 10.1 Å². The fourth-order valence-corrected chi connectivity index (χ4v) is 3.12. The first-order valence-corrected chi connectivity index (χ1v) is 6.21. The number of piperidine rings is 1. The Hall–Kier alpha value is -1.51. The molecule has 1 heterocycles. The largest absolute Gasteiger partial charge is 0.497 e. The number of amides is 1. The maximum Gasteiger partial charge on any atom is 0.220 e. The van der Waals surface area contributed by atoms with Crippen molar-refractivity contribution in [3.8, 4) is 5.75 Å². The van der Waals surface area contributed by atoms with Gasteiger partial charge in [0.05, 0.1) is 7.11 Å². The first kappa shape index (κ1) is 10.6. The zero-order chi connectivity index (χ0) is 11.8. The lowest BCUT2D eigenvalue weighted by Gasteiger charge is -2.37. The lowest BCUT2D eigenvalue weighted by atomic mass is 9.72. The van der Waals surface area contributed by atoms with Crippen LogP contribution in [-0.4, -0.2) is 19.6 Å². The summed E-state index contributed by atoms with van der Waals surface area (Å²) >= 11 is 0. The number of rotatable bonds is 1. The van der Waals surface area contributed by atoms with Crippen molar-refractivity contribution >= 4 is 5.91 Å². The molecule has 1 amide bonds. The standard InChI is InChI=1S/C14H17NO2/c1-17-11-5-4-9-2-3-10-6-14(16)15-8-13(10)12(9)7-11/h4-5,7,10,13H,2-3,6,8H2,1H3,(H,15,16)/t10-,13-/m0/s1. The molecule has 0 aromatic heterocycles. The highest BCUT2D eigenvalue weighted by Gasteiger charge is 2.34. The molecule has 17 heavy (non-hydrogen) atoms. The highest BCUT2D eigenvalue weighted by Crippen LogP contribution is 2.40. The van der Waals surface area contributed by atoms with E-state index in [2.05, 4.69) is 17.4 Å². The van der Waals surface area contributed by atoms with Gasteiger partial charge in [0.25, 0.3) is 0 Å². The molecule has 0 unspecified atom stereocenters. The molecule has 2 atom stereocenters. The number of ether oxygens (including phenoxy) is 1. The van der Waals surface area contributed by atoms with E-state index in [0.717, 1.165) is 25.1 Å². The van der Waals surface area contributed by atoms with Gasteiger partial charge >= 0.3 is 0 Å². The van der Waals surface area contributed by atoms with Crippen molar-refractivity contribution in [2.45, 2.75) is 25.2 Å². The number of hydrogen-bond donors (Lipinski definition) is 1. The summed E-state index contributed by atoms with van der Waals surface area (Å²) in [4.78, 5) is 11.4. The topological polar surface area (TPSA) is 38.3 Å². The van der Waals surface area contributed by atoms with Gasteiger partial charge in [0.15, 0.2) is 0 Å². The Morgan fingerprint density at radius 2 is 2.29 bits per heavy atom. The minimum absolute atomic E-state index is 0.206. The van der Waals surface area contributed by atoms with E-state index in [-0.39, 0.29) is 5.91 Å². The van der Waals surface area contributed by atoms with Crippen LogP contribution >= 0.6 is 0 Å². The van der Waals surface area contributed by atoms with Gasteiger partial charge in [-0.25, -0.2) is 0 Å². The van der Waals surface area contributed by atoms with Crippen LogP contribution in [-0.2, 0) is 11.2 Å². The molecule has 0 spiro atoms. The molecule has 1 saturated heterocycles. The fourth-order valence-electron chi connectivity index (χ4n) is 3.12. The van der Waals surface area contributed by atoms with Crippen LogP contribution in [0, 0.1) is 5.92 Å². The Bertz CT molecular complexity index is 456. The van der Waals surface area contributed by atoms with Crippen molar-refractivity contribution in [2.24, 2.45) is 5.92 Å². The van der Waals surface area contributed by atoms with Crippen LogP contribution in [0.4, 0.5) is 0 Å². The number of methoxy groups -OCH3 is 1. The van der Waals surface area contributed by atoms with Gasteiger partial charge in [-0.2, -0.15) is 0 Å². The molecule has 1 aromatic rings. The number of carbonyl (C=O) groups is 1. The molecule has 1 aliphatic heterocycles. The van der Waals surface area contributed by atoms with E-state index in [1.165, 1.54) is 11.1 Å². The molecule has 3 rings (SSSR count). The zero-order valence-corrected chi connectivity index (χ0v) is 10.0. The van der Waals surface area contributed by atoms with Gasteiger partial charge < -0.3 is 10.1 Å². The molecular weight excluding hydrogens is 214 g/mol. The van der Waals surface area contributed by atoms with Gasteiger partial charge in [0.1, 0.15) is 5.75 Å². The molecule has 1 N–H and O–H groups in total.